The Balaban J connectivity index is 2.34. The molecule has 17 heavy (non-hydrogen) atoms. The van der Waals surface area contributed by atoms with Gasteiger partial charge < -0.3 is 5.11 Å². The molecule has 0 saturated carbocycles. The summed E-state index contributed by atoms with van der Waals surface area (Å²) in [6.45, 7) is 4.40. The molecular weight excluding hydrogens is 276 g/mol. The molecule has 0 unspecified atom stereocenters. The highest BCUT2D eigenvalue weighted by Gasteiger charge is 2.31. The van der Waals surface area contributed by atoms with Gasteiger partial charge in [0, 0.05) is 9.90 Å². The number of halogens is 1. The Labute approximate surface area is 109 Å². The van der Waals surface area contributed by atoms with Crippen molar-refractivity contribution >= 4 is 32.8 Å². The molecule has 2 aromatic rings. The lowest BCUT2D eigenvalue weighted by molar-refractivity contribution is 0.476. The fraction of sp³-hybridized carbons (Fsp3) is 0.200. The standard InChI is InChI=1S/C15H13BrO/c1-15(2)13-7-10-6-12(17)4-3-9(10)5-11(13)8-14(15)16/h3-8,17H,1-2H3. The second kappa shape index (κ2) is 3.36. The summed E-state index contributed by atoms with van der Waals surface area (Å²) in [5.74, 6) is 0.320. The average Bonchev–Trinajstić information content (AvgIpc) is 2.48. The van der Waals surface area contributed by atoms with Crippen LogP contribution in [-0.2, 0) is 5.41 Å². The van der Waals surface area contributed by atoms with Crippen molar-refractivity contribution < 1.29 is 5.11 Å². The Morgan fingerprint density at radius 2 is 1.82 bits per heavy atom. The van der Waals surface area contributed by atoms with Crippen LogP contribution in [0.5, 0.6) is 5.75 Å². The number of aromatic hydroxyl groups is 1. The molecule has 1 N–H and O–H groups in total. The molecule has 3 rings (SSSR count). The van der Waals surface area contributed by atoms with Gasteiger partial charge in [-0.15, -0.1) is 0 Å². The molecule has 0 radical (unpaired) electrons. The average molecular weight is 289 g/mol. The van der Waals surface area contributed by atoms with Crippen molar-refractivity contribution in [2.24, 2.45) is 0 Å². The van der Waals surface area contributed by atoms with Crippen LogP contribution >= 0.6 is 15.9 Å². The maximum atomic E-state index is 9.54. The molecule has 0 aliphatic heterocycles. The maximum absolute atomic E-state index is 9.54. The Morgan fingerprint density at radius 3 is 2.59 bits per heavy atom. The van der Waals surface area contributed by atoms with Crippen molar-refractivity contribution in [3.8, 4) is 5.75 Å². The molecular formula is C15H13BrO. The van der Waals surface area contributed by atoms with Crippen LogP contribution in [0.25, 0.3) is 16.8 Å². The van der Waals surface area contributed by atoms with Crippen LogP contribution in [0.4, 0.5) is 0 Å². The molecule has 2 heteroatoms. The van der Waals surface area contributed by atoms with E-state index in [0.717, 1.165) is 10.8 Å². The Kier molecular flexibility index (Phi) is 2.14. The number of benzene rings is 2. The van der Waals surface area contributed by atoms with E-state index in [4.69, 9.17) is 0 Å². The first kappa shape index (κ1) is 10.8. The second-order valence-electron chi connectivity index (χ2n) is 5.09. The van der Waals surface area contributed by atoms with Crippen molar-refractivity contribution in [3.05, 3.63) is 45.9 Å². The monoisotopic (exact) mass is 288 g/mol. The van der Waals surface area contributed by atoms with Gasteiger partial charge in [-0.25, -0.2) is 0 Å². The van der Waals surface area contributed by atoms with E-state index in [1.807, 2.05) is 12.1 Å². The molecule has 0 atom stereocenters. The predicted octanol–water partition coefficient (Wildman–Crippen LogP) is 4.57. The minimum absolute atomic E-state index is 0.0228. The molecule has 0 aromatic heterocycles. The summed E-state index contributed by atoms with van der Waals surface area (Å²) in [6.07, 6.45) is 2.18. The summed E-state index contributed by atoms with van der Waals surface area (Å²) in [5.41, 5.74) is 2.59. The fourth-order valence-corrected chi connectivity index (χ4v) is 2.87. The zero-order valence-electron chi connectivity index (χ0n) is 9.79. The van der Waals surface area contributed by atoms with E-state index in [1.54, 1.807) is 6.07 Å². The predicted molar refractivity (Wildman–Crippen MR) is 75.5 cm³/mol. The summed E-state index contributed by atoms with van der Waals surface area (Å²) in [5, 5.41) is 11.8. The molecule has 0 saturated heterocycles. The summed E-state index contributed by atoms with van der Waals surface area (Å²) in [6, 6.07) is 9.86. The minimum atomic E-state index is 0.0228. The molecule has 0 fully saturated rings. The van der Waals surface area contributed by atoms with Gasteiger partial charge >= 0.3 is 0 Å². The van der Waals surface area contributed by atoms with Gasteiger partial charge in [-0.3, -0.25) is 0 Å². The minimum Gasteiger partial charge on any atom is -0.508 e. The van der Waals surface area contributed by atoms with Gasteiger partial charge in [0.25, 0.3) is 0 Å². The molecule has 0 bridgehead atoms. The van der Waals surface area contributed by atoms with Crippen LogP contribution in [-0.4, -0.2) is 5.11 Å². The van der Waals surface area contributed by atoms with E-state index in [9.17, 15) is 5.11 Å². The zero-order valence-corrected chi connectivity index (χ0v) is 11.4. The first-order valence-corrected chi connectivity index (χ1v) is 6.43. The van der Waals surface area contributed by atoms with Crippen molar-refractivity contribution in [1.29, 1.82) is 0 Å². The number of allylic oxidation sites excluding steroid dienone is 1. The maximum Gasteiger partial charge on any atom is 0.116 e. The normalized spacial score (nSPS) is 17.0. The molecule has 1 aliphatic carbocycles. The lowest BCUT2D eigenvalue weighted by Gasteiger charge is -2.21. The molecule has 0 heterocycles. The molecule has 2 aromatic carbocycles. The SMILES string of the molecule is CC1(C)C(Br)=Cc2cc3ccc(O)cc3cc21. The van der Waals surface area contributed by atoms with Gasteiger partial charge in [0.1, 0.15) is 5.75 Å². The van der Waals surface area contributed by atoms with Gasteiger partial charge in [-0.2, -0.15) is 0 Å². The van der Waals surface area contributed by atoms with Crippen molar-refractivity contribution in [3.63, 3.8) is 0 Å². The summed E-state index contributed by atoms with van der Waals surface area (Å²) >= 11 is 3.64. The van der Waals surface area contributed by atoms with Gasteiger partial charge in [0.05, 0.1) is 0 Å². The van der Waals surface area contributed by atoms with E-state index >= 15 is 0 Å². The summed E-state index contributed by atoms with van der Waals surface area (Å²) in [4.78, 5) is 0. The molecule has 86 valence electrons. The number of phenols is 1. The van der Waals surface area contributed by atoms with Crippen LogP contribution in [0, 0.1) is 0 Å². The van der Waals surface area contributed by atoms with E-state index in [1.165, 1.54) is 15.6 Å². The third-order valence-electron chi connectivity index (χ3n) is 3.54. The Hall–Kier alpha value is -1.28. The number of phenolic OH excluding ortho intramolecular Hbond substituents is 1. The Bertz CT molecular complexity index is 653. The van der Waals surface area contributed by atoms with Gasteiger partial charge in [-0.1, -0.05) is 35.8 Å². The van der Waals surface area contributed by atoms with E-state index in [-0.39, 0.29) is 5.41 Å². The number of hydrogen-bond acceptors (Lipinski definition) is 1. The largest absolute Gasteiger partial charge is 0.508 e. The van der Waals surface area contributed by atoms with E-state index in [2.05, 4.69) is 48.0 Å². The van der Waals surface area contributed by atoms with Crippen molar-refractivity contribution in [1.82, 2.24) is 0 Å². The van der Waals surface area contributed by atoms with Crippen LogP contribution in [0.1, 0.15) is 25.0 Å². The smallest absolute Gasteiger partial charge is 0.116 e. The highest BCUT2D eigenvalue weighted by atomic mass is 79.9. The van der Waals surface area contributed by atoms with Crippen molar-refractivity contribution in [2.75, 3.05) is 0 Å². The second-order valence-corrected chi connectivity index (χ2v) is 5.94. The molecule has 0 amide bonds. The summed E-state index contributed by atoms with van der Waals surface area (Å²) < 4.78 is 1.21. The van der Waals surface area contributed by atoms with Gasteiger partial charge in [0.2, 0.25) is 0 Å². The lowest BCUT2D eigenvalue weighted by Crippen LogP contribution is -2.13. The molecule has 0 spiro atoms. The first-order valence-electron chi connectivity index (χ1n) is 5.63. The van der Waals surface area contributed by atoms with E-state index < -0.39 is 0 Å². The number of hydrogen-bond donors (Lipinski definition) is 1. The third-order valence-corrected chi connectivity index (χ3v) is 4.77. The zero-order chi connectivity index (χ0) is 12.2. The highest BCUT2D eigenvalue weighted by molar-refractivity contribution is 9.11. The Morgan fingerprint density at radius 1 is 1.06 bits per heavy atom. The summed E-state index contributed by atoms with van der Waals surface area (Å²) in [7, 11) is 0. The number of fused-ring (bicyclic) bond motifs is 2. The van der Waals surface area contributed by atoms with E-state index in [0.29, 0.717) is 5.75 Å². The lowest BCUT2D eigenvalue weighted by atomic mass is 9.86. The van der Waals surface area contributed by atoms with Crippen molar-refractivity contribution in [2.45, 2.75) is 19.3 Å². The van der Waals surface area contributed by atoms with Crippen LogP contribution < -0.4 is 0 Å². The fourth-order valence-electron chi connectivity index (χ4n) is 2.41. The highest BCUT2D eigenvalue weighted by Crippen LogP contribution is 2.45. The molecule has 1 aliphatic rings. The number of rotatable bonds is 0. The topological polar surface area (TPSA) is 20.2 Å². The van der Waals surface area contributed by atoms with Crippen LogP contribution in [0.2, 0.25) is 0 Å². The van der Waals surface area contributed by atoms with Crippen LogP contribution in [0.15, 0.2) is 34.8 Å². The van der Waals surface area contributed by atoms with Gasteiger partial charge in [0.15, 0.2) is 0 Å². The third kappa shape index (κ3) is 1.51. The van der Waals surface area contributed by atoms with Gasteiger partial charge in [-0.05, 0) is 52.2 Å². The molecule has 1 nitrogen and oxygen atoms in total. The first-order chi connectivity index (χ1) is 7.98. The quantitative estimate of drug-likeness (QED) is 0.753. The van der Waals surface area contributed by atoms with Crippen LogP contribution in [0.3, 0.4) is 0 Å².